The number of rotatable bonds is 2. The van der Waals surface area contributed by atoms with Gasteiger partial charge in [-0.2, -0.15) is 0 Å². The van der Waals surface area contributed by atoms with Crippen LogP contribution < -0.4 is 10.2 Å². The van der Waals surface area contributed by atoms with E-state index in [0.29, 0.717) is 5.82 Å². The molecular weight excluding hydrogens is 353 g/mol. The number of hydrogen-bond acceptors (Lipinski definition) is 5. The summed E-state index contributed by atoms with van der Waals surface area (Å²) in [6.45, 7) is 4.17. The van der Waals surface area contributed by atoms with E-state index in [0.717, 1.165) is 37.7 Å². The molecule has 0 aliphatic heterocycles. The molecule has 0 amide bonds. The van der Waals surface area contributed by atoms with Crippen LogP contribution in [0.2, 0.25) is 0 Å². The molecule has 0 bridgehead atoms. The summed E-state index contributed by atoms with van der Waals surface area (Å²) in [6.07, 6.45) is 1.57. The molecule has 0 atom stereocenters. The van der Waals surface area contributed by atoms with Gasteiger partial charge >= 0.3 is 140 Å². The molecule has 1 aromatic carbocycles. The summed E-state index contributed by atoms with van der Waals surface area (Å²) in [5.74, 6) is 0.500. The molecule has 3 heterocycles. The summed E-state index contributed by atoms with van der Waals surface area (Å²) in [5, 5.41) is 13.6. The molecule has 4 rings (SSSR count). The van der Waals surface area contributed by atoms with E-state index in [1.165, 1.54) is 0 Å². The van der Waals surface area contributed by atoms with E-state index >= 15 is 0 Å². The van der Waals surface area contributed by atoms with Gasteiger partial charge in [-0.25, -0.2) is 0 Å². The third-order valence-corrected chi connectivity index (χ3v) is 4.54. The fraction of sp³-hybridized carbons (Fsp3) is 0.200. The van der Waals surface area contributed by atoms with Crippen LogP contribution in [0.15, 0.2) is 24.5 Å². The first-order chi connectivity index (χ1) is 11.1. The van der Waals surface area contributed by atoms with Crippen LogP contribution >= 0.6 is 0 Å². The second-order valence-electron chi connectivity index (χ2n) is 5.65. The standard InChI is InChI=1S/C15H14AsN7/c1-7(2)23-15-11(13(16)18-6-19-15)12(22-23)8-3-4-9-10(5-8)20-21-14(9)17/h3-7H,1-2H3,(H3,17,20,21). The van der Waals surface area contributed by atoms with E-state index in [-0.39, 0.29) is 6.04 Å². The van der Waals surface area contributed by atoms with Gasteiger partial charge in [0.05, 0.1) is 0 Å². The second kappa shape index (κ2) is 5.06. The van der Waals surface area contributed by atoms with Crippen LogP contribution in [-0.4, -0.2) is 46.8 Å². The molecule has 0 aliphatic rings. The second-order valence-corrected chi connectivity index (χ2v) is 6.54. The Morgan fingerprint density at radius 1 is 1.26 bits per heavy atom. The van der Waals surface area contributed by atoms with Crippen molar-refractivity contribution in [3.05, 3.63) is 24.5 Å². The van der Waals surface area contributed by atoms with Gasteiger partial charge < -0.3 is 0 Å². The normalized spacial score (nSPS) is 11.8. The Kier molecular flexibility index (Phi) is 3.13. The van der Waals surface area contributed by atoms with E-state index in [4.69, 9.17) is 10.8 Å². The zero-order valence-electron chi connectivity index (χ0n) is 12.6. The predicted molar refractivity (Wildman–Crippen MR) is 90.6 cm³/mol. The molecule has 0 aliphatic carbocycles. The average Bonchev–Trinajstić information content (AvgIpc) is 3.09. The summed E-state index contributed by atoms with van der Waals surface area (Å²) < 4.78 is 2.78. The maximum absolute atomic E-state index is 5.84. The van der Waals surface area contributed by atoms with Crippen LogP contribution in [-0.2, 0) is 0 Å². The van der Waals surface area contributed by atoms with Crippen molar-refractivity contribution in [2.45, 2.75) is 19.9 Å². The third-order valence-electron chi connectivity index (χ3n) is 3.82. The molecule has 7 nitrogen and oxygen atoms in total. The van der Waals surface area contributed by atoms with E-state index in [2.05, 4.69) is 50.9 Å². The first-order valence-electron chi connectivity index (χ1n) is 7.22. The summed E-state index contributed by atoms with van der Waals surface area (Å²) in [5.41, 5.74) is 9.40. The fourth-order valence-electron chi connectivity index (χ4n) is 2.71. The van der Waals surface area contributed by atoms with Crippen LogP contribution in [0.3, 0.4) is 0 Å². The third kappa shape index (κ3) is 2.11. The van der Waals surface area contributed by atoms with Gasteiger partial charge in [0.25, 0.3) is 0 Å². The molecule has 0 saturated carbocycles. The molecule has 0 unspecified atom stereocenters. The fourth-order valence-corrected chi connectivity index (χ4v) is 3.25. The minimum atomic E-state index is 0.208. The van der Waals surface area contributed by atoms with Crippen molar-refractivity contribution in [2.75, 3.05) is 5.73 Å². The topological polar surface area (TPSA) is 98.3 Å². The van der Waals surface area contributed by atoms with Gasteiger partial charge in [-0.3, -0.25) is 0 Å². The van der Waals surface area contributed by atoms with Crippen LogP contribution in [0.4, 0.5) is 5.82 Å². The number of anilines is 1. The van der Waals surface area contributed by atoms with E-state index in [1.807, 2.05) is 22.9 Å². The quantitative estimate of drug-likeness (QED) is 0.521. The summed E-state index contributed by atoms with van der Waals surface area (Å²) in [7, 11) is 0. The summed E-state index contributed by atoms with van der Waals surface area (Å²) in [6, 6.07) is 6.17. The first kappa shape index (κ1) is 14.2. The number of fused-ring (bicyclic) bond motifs is 2. The predicted octanol–water partition coefficient (Wildman–Crippen LogP) is 1.33. The van der Waals surface area contributed by atoms with Crippen LogP contribution in [0.5, 0.6) is 0 Å². The van der Waals surface area contributed by atoms with E-state index < -0.39 is 0 Å². The van der Waals surface area contributed by atoms with Crippen molar-refractivity contribution in [3.8, 4) is 11.3 Å². The Hall–Kier alpha value is -2.40. The van der Waals surface area contributed by atoms with Gasteiger partial charge in [-0.15, -0.1) is 0 Å². The van der Waals surface area contributed by atoms with Crippen LogP contribution in [0.1, 0.15) is 19.9 Å². The number of hydrogen-bond donors (Lipinski definition) is 2. The Balaban J connectivity index is 2.03. The SMILES string of the molecule is CC(C)n1nc(-c2ccc3c(N)n[nH]c3c2)c2c([As])ncnc21. The molecule has 114 valence electrons. The van der Waals surface area contributed by atoms with Crippen molar-refractivity contribution in [1.82, 2.24) is 29.9 Å². The number of nitrogens with two attached hydrogens (primary N) is 1. The first-order valence-corrected chi connectivity index (χ1v) is 8.16. The number of nitrogen functional groups attached to an aromatic ring is 1. The van der Waals surface area contributed by atoms with Crippen LogP contribution in [0, 0.1) is 0 Å². The Bertz CT molecular complexity index is 1030. The van der Waals surface area contributed by atoms with Gasteiger partial charge in [0, 0.05) is 0 Å². The zero-order chi connectivity index (χ0) is 16.1. The van der Waals surface area contributed by atoms with Crippen molar-refractivity contribution in [1.29, 1.82) is 0 Å². The Morgan fingerprint density at radius 3 is 2.87 bits per heavy atom. The van der Waals surface area contributed by atoms with Crippen molar-refractivity contribution in [3.63, 3.8) is 0 Å². The molecule has 3 N–H and O–H groups in total. The molecule has 2 radical (unpaired) electrons. The number of benzene rings is 1. The molecular formula is C15H14AsN7. The van der Waals surface area contributed by atoms with Crippen molar-refractivity contribution >= 4 is 49.1 Å². The summed E-state index contributed by atoms with van der Waals surface area (Å²) >= 11 is 2.49. The van der Waals surface area contributed by atoms with Gasteiger partial charge in [0.2, 0.25) is 0 Å². The average molecular weight is 367 g/mol. The number of H-pyrrole nitrogens is 1. The molecule has 0 spiro atoms. The minimum absolute atomic E-state index is 0.208. The Morgan fingerprint density at radius 2 is 2.09 bits per heavy atom. The van der Waals surface area contributed by atoms with Gasteiger partial charge in [-0.05, 0) is 0 Å². The molecule has 8 heteroatoms. The van der Waals surface area contributed by atoms with Gasteiger partial charge in [-0.1, -0.05) is 0 Å². The zero-order valence-corrected chi connectivity index (χ0v) is 14.5. The maximum atomic E-state index is 5.84. The molecule has 23 heavy (non-hydrogen) atoms. The van der Waals surface area contributed by atoms with Gasteiger partial charge in [0.1, 0.15) is 0 Å². The Labute approximate surface area is 140 Å². The summed E-state index contributed by atoms with van der Waals surface area (Å²) in [4.78, 5) is 8.72. The molecule has 0 fully saturated rings. The monoisotopic (exact) mass is 367 g/mol. The number of nitrogens with one attached hydrogen (secondary N) is 1. The van der Waals surface area contributed by atoms with E-state index in [9.17, 15) is 0 Å². The molecule has 4 aromatic rings. The van der Waals surface area contributed by atoms with Crippen molar-refractivity contribution < 1.29 is 0 Å². The number of aromatic nitrogens is 6. The van der Waals surface area contributed by atoms with Crippen LogP contribution in [0.25, 0.3) is 33.2 Å². The van der Waals surface area contributed by atoms with Crippen molar-refractivity contribution in [2.24, 2.45) is 0 Å². The number of nitrogens with zero attached hydrogens (tertiary/aromatic N) is 5. The van der Waals surface area contributed by atoms with E-state index in [1.54, 1.807) is 6.33 Å². The molecule has 3 aromatic heterocycles. The number of aromatic amines is 1. The molecule has 0 saturated heterocycles. The van der Waals surface area contributed by atoms with Gasteiger partial charge in [0.15, 0.2) is 0 Å².